The third-order valence-electron chi connectivity index (χ3n) is 3.38. The SMILES string of the molecule is Cc1ccc2oc(/C=C/c3ccc(C#N)cc3)cc(=O)c2c1. The molecule has 106 valence electrons. The number of aryl methyl sites for hydroxylation is 1. The van der Waals surface area contributed by atoms with Crippen molar-refractivity contribution in [2.75, 3.05) is 0 Å². The van der Waals surface area contributed by atoms with Crippen molar-refractivity contribution in [3.8, 4) is 6.07 Å². The molecule has 0 bridgehead atoms. The highest BCUT2D eigenvalue weighted by Crippen LogP contribution is 2.16. The molecule has 0 saturated heterocycles. The van der Waals surface area contributed by atoms with Gasteiger partial charge in [-0.15, -0.1) is 0 Å². The molecule has 0 saturated carbocycles. The fourth-order valence-corrected chi connectivity index (χ4v) is 2.22. The maximum atomic E-state index is 12.1. The van der Waals surface area contributed by atoms with Crippen molar-refractivity contribution < 1.29 is 4.42 Å². The van der Waals surface area contributed by atoms with Gasteiger partial charge < -0.3 is 4.42 Å². The Bertz CT molecular complexity index is 957. The van der Waals surface area contributed by atoms with Crippen LogP contribution in [0.15, 0.2) is 57.7 Å². The summed E-state index contributed by atoms with van der Waals surface area (Å²) in [5, 5.41) is 9.36. The molecule has 0 amide bonds. The number of rotatable bonds is 2. The summed E-state index contributed by atoms with van der Waals surface area (Å²) >= 11 is 0. The lowest BCUT2D eigenvalue weighted by Crippen LogP contribution is -2.00. The number of nitrogens with zero attached hydrogens (tertiary/aromatic N) is 1. The second kappa shape index (κ2) is 5.71. The number of hydrogen-bond donors (Lipinski definition) is 0. The highest BCUT2D eigenvalue weighted by atomic mass is 16.3. The van der Waals surface area contributed by atoms with E-state index in [4.69, 9.17) is 9.68 Å². The Labute approximate surface area is 127 Å². The summed E-state index contributed by atoms with van der Waals surface area (Å²) in [4.78, 5) is 12.1. The molecular weight excluding hydrogens is 274 g/mol. The van der Waals surface area contributed by atoms with E-state index in [0.29, 0.717) is 22.3 Å². The Balaban J connectivity index is 1.96. The first kappa shape index (κ1) is 13.8. The Morgan fingerprint density at radius 1 is 1.05 bits per heavy atom. The summed E-state index contributed by atoms with van der Waals surface area (Å²) in [6.45, 7) is 1.94. The van der Waals surface area contributed by atoms with Gasteiger partial charge in [0.15, 0.2) is 5.43 Å². The molecule has 0 fully saturated rings. The lowest BCUT2D eigenvalue weighted by molar-refractivity contribution is 0.591. The monoisotopic (exact) mass is 287 g/mol. The minimum Gasteiger partial charge on any atom is -0.456 e. The zero-order valence-electron chi connectivity index (χ0n) is 12.0. The molecular formula is C19H13NO2. The van der Waals surface area contributed by atoms with Crippen LogP contribution in [0.4, 0.5) is 0 Å². The van der Waals surface area contributed by atoms with Crippen molar-refractivity contribution in [1.29, 1.82) is 5.26 Å². The van der Waals surface area contributed by atoms with Gasteiger partial charge in [-0.3, -0.25) is 4.79 Å². The second-order valence-corrected chi connectivity index (χ2v) is 5.08. The second-order valence-electron chi connectivity index (χ2n) is 5.08. The summed E-state index contributed by atoms with van der Waals surface area (Å²) < 4.78 is 5.73. The van der Waals surface area contributed by atoms with Gasteiger partial charge in [-0.25, -0.2) is 0 Å². The van der Waals surface area contributed by atoms with Crippen molar-refractivity contribution >= 4 is 23.1 Å². The minimum atomic E-state index is -0.0515. The first-order valence-corrected chi connectivity index (χ1v) is 6.88. The number of nitriles is 1. The van der Waals surface area contributed by atoms with Crippen LogP contribution in [-0.2, 0) is 0 Å². The quantitative estimate of drug-likeness (QED) is 0.711. The molecule has 3 rings (SSSR count). The van der Waals surface area contributed by atoms with Crippen LogP contribution in [0, 0.1) is 18.3 Å². The van der Waals surface area contributed by atoms with E-state index in [0.717, 1.165) is 11.1 Å². The minimum absolute atomic E-state index is 0.0515. The molecule has 22 heavy (non-hydrogen) atoms. The van der Waals surface area contributed by atoms with E-state index in [1.165, 1.54) is 6.07 Å². The van der Waals surface area contributed by atoms with Crippen LogP contribution < -0.4 is 5.43 Å². The molecule has 3 aromatic rings. The van der Waals surface area contributed by atoms with Crippen molar-refractivity contribution in [3.05, 3.63) is 81.2 Å². The van der Waals surface area contributed by atoms with Gasteiger partial charge in [0.2, 0.25) is 0 Å². The van der Waals surface area contributed by atoms with Crippen molar-refractivity contribution in [2.24, 2.45) is 0 Å². The Morgan fingerprint density at radius 2 is 1.82 bits per heavy atom. The van der Waals surface area contributed by atoms with Gasteiger partial charge in [0.05, 0.1) is 17.0 Å². The van der Waals surface area contributed by atoms with Gasteiger partial charge in [0, 0.05) is 6.07 Å². The van der Waals surface area contributed by atoms with E-state index in [1.54, 1.807) is 18.2 Å². The molecule has 0 unspecified atom stereocenters. The summed E-state index contributed by atoms with van der Waals surface area (Å²) in [6, 6.07) is 16.3. The molecule has 0 spiro atoms. The van der Waals surface area contributed by atoms with Gasteiger partial charge in [-0.05, 0) is 42.8 Å². The largest absolute Gasteiger partial charge is 0.456 e. The molecule has 0 aliphatic rings. The third kappa shape index (κ3) is 2.82. The third-order valence-corrected chi connectivity index (χ3v) is 3.38. The highest BCUT2D eigenvalue weighted by Gasteiger charge is 2.03. The number of hydrogen-bond acceptors (Lipinski definition) is 3. The molecule has 0 aliphatic heterocycles. The Kier molecular flexibility index (Phi) is 3.59. The molecule has 3 nitrogen and oxygen atoms in total. The zero-order chi connectivity index (χ0) is 15.5. The van der Waals surface area contributed by atoms with Crippen LogP contribution in [-0.4, -0.2) is 0 Å². The van der Waals surface area contributed by atoms with Gasteiger partial charge in [-0.2, -0.15) is 5.26 Å². The molecule has 1 aromatic heterocycles. The zero-order valence-corrected chi connectivity index (χ0v) is 12.0. The summed E-state index contributed by atoms with van der Waals surface area (Å²) in [5.74, 6) is 0.505. The average Bonchev–Trinajstić information content (AvgIpc) is 2.54. The van der Waals surface area contributed by atoms with Crippen molar-refractivity contribution in [3.63, 3.8) is 0 Å². The summed E-state index contributed by atoms with van der Waals surface area (Å²) in [7, 11) is 0. The van der Waals surface area contributed by atoms with Gasteiger partial charge >= 0.3 is 0 Å². The standard InChI is InChI=1S/C19H13NO2/c1-13-2-9-19-17(10-13)18(21)11-16(22-19)8-7-14-3-5-15(12-20)6-4-14/h2-11H,1H3/b8-7+. The molecule has 1 heterocycles. The van der Waals surface area contributed by atoms with E-state index < -0.39 is 0 Å². The molecule has 0 atom stereocenters. The van der Waals surface area contributed by atoms with Crippen LogP contribution in [0.5, 0.6) is 0 Å². The molecule has 2 aromatic carbocycles. The number of fused-ring (bicyclic) bond motifs is 1. The smallest absolute Gasteiger partial charge is 0.193 e. The van der Waals surface area contributed by atoms with Crippen LogP contribution in [0.2, 0.25) is 0 Å². The first-order chi connectivity index (χ1) is 10.7. The van der Waals surface area contributed by atoms with Crippen LogP contribution >= 0.6 is 0 Å². The molecule has 0 N–H and O–H groups in total. The van der Waals surface area contributed by atoms with Crippen molar-refractivity contribution in [1.82, 2.24) is 0 Å². The van der Waals surface area contributed by atoms with E-state index >= 15 is 0 Å². The van der Waals surface area contributed by atoms with E-state index in [9.17, 15) is 4.79 Å². The fraction of sp³-hybridized carbons (Fsp3) is 0.0526. The first-order valence-electron chi connectivity index (χ1n) is 6.88. The van der Waals surface area contributed by atoms with E-state index in [-0.39, 0.29) is 5.43 Å². The van der Waals surface area contributed by atoms with Crippen LogP contribution in [0.1, 0.15) is 22.5 Å². The number of benzene rings is 2. The predicted molar refractivity (Wildman–Crippen MR) is 87.3 cm³/mol. The van der Waals surface area contributed by atoms with Gasteiger partial charge in [0.25, 0.3) is 0 Å². The summed E-state index contributed by atoms with van der Waals surface area (Å²) in [5.41, 5.74) is 3.11. The topological polar surface area (TPSA) is 54.0 Å². The Hall–Kier alpha value is -3.12. The average molecular weight is 287 g/mol. The maximum absolute atomic E-state index is 12.1. The van der Waals surface area contributed by atoms with E-state index in [1.807, 2.05) is 43.3 Å². The van der Waals surface area contributed by atoms with E-state index in [2.05, 4.69) is 6.07 Å². The lowest BCUT2D eigenvalue weighted by Gasteiger charge is -2.00. The fourth-order valence-electron chi connectivity index (χ4n) is 2.22. The van der Waals surface area contributed by atoms with Crippen LogP contribution in [0.3, 0.4) is 0 Å². The van der Waals surface area contributed by atoms with Gasteiger partial charge in [-0.1, -0.05) is 29.8 Å². The molecule has 3 heteroatoms. The predicted octanol–water partition coefficient (Wildman–Crippen LogP) is 4.14. The molecule has 0 aliphatic carbocycles. The highest BCUT2D eigenvalue weighted by molar-refractivity contribution is 5.79. The van der Waals surface area contributed by atoms with Crippen LogP contribution in [0.25, 0.3) is 23.1 Å². The van der Waals surface area contributed by atoms with Crippen molar-refractivity contribution in [2.45, 2.75) is 6.92 Å². The Morgan fingerprint density at radius 3 is 2.55 bits per heavy atom. The normalized spacial score (nSPS) is 10.9. The summed E-state index contributed by atoms with van der Waals surface area (Å²) in [6.07, 6.45) is 3.60. The molecule has 0 radical (unpaired) electrons. The maximum Gasteiger partial charge on any atom is 0.193 e. The lowest BCUT2D eigenvalue weighted by atomic mass is 10.1. The van der Waals surface area contributed by atoms with Gasteiger partial charge in [0.1, 0.15) is 11.3 Å².